The Morgan fingerprint density at radius 3 is 2.32 bits per heavy atom. The number of amides is 1. The first-order valence-corrected chi connectivity index (χ1v) is 12.7. The number of halogens is 5. The Labute approximate surface area is 223 Å². The smallest absolute Gasteiger partial charge is 0.416 e. The maximum Gasteiger partial charge on any atom is 0.416 e. The van der Waals surface area contributed by atoms with Gasteiger partial charge in [0.25, 0.3) is 0 Å². The summed E-state index contributed by atoms with van der Waals surface area (Å²) in [6.45, 7) is 3.39. The number of likely N-dealkylation sites (tertiary alicyclic amines) is 1. The van der Waals surface area contributed by atoms with Crippen molar-refractivity contribution in [1.29, 1.82) is 0 Å². The number of nitrogens with zero attached hydrogens (tertiary/aromatic N) is 2. The molecule has 9 heteroatoms. The van der Waals surface area contributed by atoms with Gasteiger partial charge >= 0.3 is 12.3 Å². The van der Waals surface area contributed by atoms with Crippen molar-refractivity contribution in [2.24, 2.45) is 0 Å². The standard InChI is InChI=1S/C28H25Cl2F3N2O2/c1-18-13-23(22-8-7-20(29)15-25(22)30)19(14-24(18)28(31,32)33)16-34-11-9-27(10-12-34)17-35(26(36)37-27)21-5-3-2-4-6-21/h2-8,13-15H,9-12,16-17H2,1H3. The summed E-state index contributed by atoms with van der Waals surface area (Å²) < 4.78 is 47.2. The van der Waals surface area contributed by atoms with E-state index in [0.29, 0.717) is 65.8 Å². The highest BCUT2D eigenvalue weighted by Crippen LogP contribution is 2.41. The van der Waals surface area contributed by atoms with E-state index in [4.69, 9.17) is 27.9 Å². The molecule has 0 unspecified atom stereocenters. The monoisotopic (exact) mass is 548 g/mol. The first-order valence-electron chi connectivity index (χ1n) is 12.0. The minimum atomic E-state index is -4.47. The van der Waals surface area contributed by atoms with Crippen LogP contribution in [0.1, 0.15) is 29.5 Å². The van der Waals surface area contributed by atoms with E-state index in [1.165, 1.54) is 13.0 Å². The lowest BCUT2D eigenvalue weighted by molar-refractivity contribution is -0.138. The van der Waals surface area contributed by atoms with Gasteiger partial charge in [-0.2, -0.15) is 13.2 Å². The molecule has 0 aliphatic carbocycles. The van der Waals surface area contributed by atoms with E-state index in [1.54, 1.807) is 29.2 Å². The highest BCUT2D eigenvalue weighted by Gasteiger charge is 2.47. The van der Waals surface area contributed by atoms with E-state index in [1.807, 2.05) is 30.3 Å². The Morgan fingerprint density at radius 2 is 1.68 bits per heavy atom. The summed E-state index contributed by atoms with van der Waals surface area (Å²) in [7, 11) is 0. The third-order valence-corrected chi connectivity index (χ3v) is 7.72. The molecule has 0 atom stereocenters. The van der Waals surface area contributed by atoms with Crippen LogP contribution in [0, 0.1) is 6.92 Å². The molecule has 4 nitrogen and oxygen atoms in total. The maximum atomic E-state index is 13.8. The predicted molar refractivity (Wildman–Crippen MR) is 139 cm³/mol. The summed E-state index contributed by atoms with van der Waals surface area (Å²) in [4.78, 5) is 16.3. The largest absolute Gasteiger partial charge is 0.441 e. The average Bonchev–Trinajstić information content (AvgIpc) is 3.17. The molecule has 0 radical (unpaired) electrons. The van der Waals surface area contributed by atoms with Crippen LogP contribution < -0.4 is 4.90 Å². The summed E-state index contributed by atoms with van der Waals surface area (Å²) in [5.41, 5.74) is 1.48. The van der Waals surface area contributed by atoms with E-state index in [9.17, 15) is 18.0 Å². The van der Waals surface area contributed by atoms with Crippen LogP contribution in [-0.2, 0) is 17.5 Å². The summed E-state index contributed by atoms with van der Waals surface area (Å²) >= 11 is 12.5. The number of hydrogen-bond acceptors (Lipinski definition) is 3. The zero-order valence-corrected chi connectivity index (χ0v) is 21.6. The molecular weight excluding hydrogens is 524 g/mol. The fourth-order valence-electron chi connectivity index (χ4n) is 5.20. The molecule has 37 heavy (non-hydrogen) atoms. The van der Waals surface area contributed by atoms with Crippen molar-refractivity contribution < 1.29 is 22.7 Å². The minimum absolute atomic E-state index is 0.133. The van der Waals surface area contributed by atoms with Gasteiger partial charge in [0, 0.05) is 53.8 Å². The minimum Gasteiger partial charge on any atom is -0.441 e. The number of benzene rings is 3. The maximum absolute atomic E-state index is 13.8. The number of rotatable bonds is 4. The normalized spacial score (nSPS) is 17.9. The van der Waals surface area contributed by atoms with Gasteiger partial charge in [-0.05, 0) is 53.9 Å². The number of alkyl halides is 3. The second-order valence-electron chi connectivity index (χ2n) is 9.70. The number of ether oxygens (including phenoxy) is 1. The molecule has 2 fully saturated rings. The Hall–Kier alpha value is -2.74. The molecule has 0 aromatic heterocycles. The fourth-order valence-corrected chi connectivity index (χ4v) is 5.71. The average molecular weight is 549 g/mol. The third-order valence-electron chi connectivity index (χ3n) is 7.18. The molecule has 2 aliphatic heterocycles. The van der Waals surface area contributed by atoms with Crippen molar-refractivity contribution in [3.05, 3.63) is 87.4 Å². The zero-order valence-electron chi connectivity index (χ0n) is 20.1. The van der Waals surface area contributed by atoms with Gasteiger partial charge in [-0.15, -0.1) is 0 Å². The van der Waals surface area contributed by atoms with Gasteiger partial charge < -0.3 is 4.74 Å². The number of carbonyl (C=O) groups is 1. The van der Waals surface area contributed by atoms with Crippen molar-refractivity contribution in [2.75, 3.05) is 24.5 Å². The molecule has 3 aromatic rings. The van der Waals surface area contributed by atoms with Crippen molar-refractivity contribution in [3.8, 4) is 11.1 Å². The first-order chi connectivity index (χ1) is 17.5. The number of anilines is 1. The summed E-state index contributed by atoms with van der Waals surface area (Å²) in [5.74, 6) is 0. The number of hydrogen-bond donors (Lipinski definition) is 0. The van der Waals surface area contributed by atoms with Crippen LogP contribution in [-0.4, -0.2) is 36.2 Å². The lowest BCUT2D eigenvalue weighted by Gasteiger charge is -2.37. The SMILES string of the molecule is Cc1cc(-c2ccc(Cl)cc2Cl)c(CN2CCC3(CC2)CN(c2ccccc2)C(=O)O3)cc1C(F)(F)F. The summed E-state index contributed by atoms with van der Waals surface area (Å²) in [6, 6.07) is 17.2. The predicted octanol–water partition coefficient (Wildman–Crippen LogP) is 7.98. The second-order valence-corrected chi connectivity index (χ2v) is 10.5. The molecule has 0 bridgehead atoms. The molecular formula is C28H25Cl2F3N2O2. The van der Waals surface area contributed by atoms with Gasteiger partial charge in [-0.3, -0.25) is 9.80 Å². The van der Waals surface area contributed by atoms with Crippen LogP contribution in [0.15, 0.2) is 60.7 Å². The van der Waals surface area contributed by atoms with Gasteiger partial charge in [0.05, 0.1) is 12.1 Å². The molecule has 3 aromatic carbocycles. The Balaban J connectivity index is 1.38. The Kier molecular flexibility index (Phi) is 6.90. The number of carbonyl (C=O) groups excluding carboxylic acids is 1. The van der Waals surface area contributed by atoms with Crippen LogP contribution >= 0.6 is 23.2 Å². The summed E-state index contributed by atoms with van der Waals surface area (Å²) in [5, 5.41) is 0.834. The molecule has 1 amide bonds. The Morgan fingerprint density at radius 1 is 0.973 bits per heavy atom. The molecule has 0 N–H and O–H groups in total. The van der Waals surface area contributed by atoms with Crippen LogP contribution in [0.4, 0.5) is 23.7 Å². The highest BCUT2D eigenvalue weighted by molar-refractivity contribution is 6.36. The topological polar surface area (TPSA) is 32.8 Å². The van der Waals surface area contributed by atoms with E-state index in [-0.39, 0.29) is 11.7 Å². The van der Waals surface area contributed by atoms with Gasteiger partial charge in [0.15, 0.2) is 0 Å². The Bertz CT molecular complexity index is 1320. The first kappa shape index (κ1) is 25.9. The van der Waals surface area contributed by atoms with Crippen molar-refractivity contribution >= 4 is 35.0 Å². The molecule has 2 saturated heterocycles. The third kappa shape index (κ3) is 5.31. The molecule has 194 valence electrons. The second kappa shape index (κ2) is 9.86. The van der Waals surface area contributed by atoms with Gasteiger partial charge in [0.2, 0.25) is 0 Å². The fraction of sp³-hybridized carbons (Fsp3) is 0.321. The molecule has 5 rings (SSSR count). The van der Waals surface area contributed by atoms with Crippen molar-refractivity contribution in [3.63, 3.8) is 0 Å². The molecule has 1 spiro atoms. The lowest BCUT2D eigenvalue weighted by Crippen LogP contribution is -2.46. The number of para-hydroxylation sites is 1. The highest BCUT2D eigenvalue weighted by atomic mass is 35.5. The van der Waals surface area contributed by atoms with Crippen molar-refractivity contribution in [2.45, 2.75) is 38.1 Å². The molecule has 2 heterocycles. The summed E-state index contributed by atoms with van der Waals surface area (Å²) in [6.07, 6.45) is -3.65. The van der Waals surface area contributed by atoms with E-state index in [0.717, 1.165) is 5.69 Å². The van der Waals surface area contributed by atoms with E-state index < -0.39 is 17.3 Å². The van der Waals surface area contributed by atoms with Crippen LogP contribution in [0.2, 0.25) is 10.0 Å². The van der Waals surface area contributed by atoms with Gasteiger partial charge in [0.1, 0.15) is 5.60 Å². The lowest BCUT2D eigenvalue weighted by atomic mass is 9.89. The van der Waals surface area contributed by atoms with Crippen LogP contribution in [0.3, 0.4) is 0 Å². The number of aryl methyl sites for hydroxylation is 1. The van der Waals surface area contributed by atoms with Gasteiger partial charge in [-0.1, -0.05) is 53.5 Å². The quantitative estimate of drug-likeness (QED) is 0.331. The number of piperidine rings is 1. The molecule has 0 saturated carbocycles. The van der Waals surface area contributed by atoms with Crippen molar-refractivity contribution in [1.82, 2.24) is 4.90 Å². The van der Waals surface area contributed by atoms with E-state index >= 15 is 0 Å². The van der Waals surface area contributed by atoms with E-state index in [2.05, 4.69) is 4.90 Å². The van der Waals surface area contributed by atoms with Crippen LogP contribution in [0.25, 0.3) is 11.1 Å². The van der Waals surface area contributed by atoms with Crippen LogP contribution in [0.5, 0.6) is 0 Å². The molecule has 2 aliphatic rings. The zero-order chi connectivity index (χ0) is 26.4. The van der Waals surface area contributed by atoms with Gasteiger partial charge in [-0.25, -0.2) is 4.79 Å².